The highest BCUT2D eigenvalue weighted by Gasteiger charge is 2.69. The summed E-state index contributed by atoms with van der Waals surface area (Å²) in [6.45, 7) is 7.31. The van der Waals surface area contributed by atoms with Gasteiger partial charge in [0.25, 0.3) is 0 Å². The number of rotatable bonds is 4. The van der Waals surface area contributed by atoms with Gasteiger partial charge < -0.3 is 34.1 Å². The Hall–Kier alpha value is -1.02. The second-order valence-corrected chi connectivity index (χ2v) is 13.8. The van der Waals surface area contributed by atoms with E-state index in [1.165, 1.54) is 7.11 Å². The van der Waals surface area contributed by atoms with E-state index in [1.54, 1.807) is 6.92 Å². The molecule has 3 heterocycles. The van der Waals surface area contributed by atoms with E-state index in [1.807, 2.05) is 39.0 Å². The van der Waals surface area contributed by atoms with Crippen LogP contribution in [0.25, 0.3) is 0 Å². The zero-order chi connectivity index (χ0) is 29.3. The predicted octanol–water partition coefficient (Wildman–Crippen LogP) is 4.69. The van der Waals surface area contributed by atoms with Crippen molar-refractivity contribution >= 4 is 59.7 Å². The summed E-state index contributed by atoms with van der Waals surface area (Å²) in [6.07, 6.45) is 1.62. The maximum Gasteiger partial charge on any atom is 0.356 e. The summed E-state index contributed by atoms with van der Waals surface area (Å²) in [4.78, 5) is 29.4. The Bertz CT molecular complexity index is 1250. The first-order chi connectivity index (χ1) is 18.8. The van der Waals surface area contributed by atoms with Gasteiger partial charge >= 0.3 is 11.9 Å². The number of cyclic esters (lactones) is 1. The molecule has 40 heavy (non-hydrogen) atoms. The van der Waals surface area contributed by atoms with Gasteiger partial charge in [-0.25, -0.2) is 9.59 Å². The van der Waals surface area contributed by atoms with Crippen molar-refractivity contribution < 1.29 is 38.7 Å². The van der Waals surface area contributed by atoms with Crippen LogP contribution in [0.5, 0.6) is 0 Å². The van der Waals surface area contributed by atoms with Gasteiger partial charge in [0.05, 0.1) is 25.8 Å². The molecule has 0 radical (unpaired) electrons. The lowest BCUT2D eigenvalue weighted by Gasteiger charge is -2.48. The highest BCUT2D eigenvalue weighted by Crippen LogP contribution is 2.61. The van der Waals surface area contributed by atoms with Crippen LogP contribution < -0.4 is 0 Å². The van der Waals surface area contributed by atoms with Gasteiger partial charge in [-0.05, 0) is 73.6 Å². The van der Waals surface area contributed by atoms with Gasteiger partial charge in [-0.2, -0.15) is 0 Å². The molecule has 1 aromatic rings. The number of carbonyl (C=O) groups excluding carboxylic acids is 2. The smallest absolute Gasteiger partial charge is 0.356 e. The van der Waals surface area contributed by atoms with Crippen molar-refractivity contribution in [3.05, 3.63) is 43.0 Å². The second kappa shape index (κ2) is 11.2. The second-order valence-electron chi connectivity index (χ2n) is 11.4. The molecule has 12 heteroatoms. The first-order valence-electron chi connectivity index (χ1n) is 13.4. The average molecular weight is 752 g/mol. The van der Waals surface area contributed by atoms with Crippen molar-refractivity contribution in [3.8, 4) is 0 Å². The molecule has 9 nitrogen and oxygen atoms in total. The van der Waals surface area contributed by atoms with Gasteiger partial charge in [-0.1, -0.05) is 32.1 Å². The Kier molecular flexibility index (Phi) is 8.55. The minimum absolute atomic E-state index is 0.215. The van der Waals surface area contributed by atoms with Crippen molar-refractivity contribution in [2.75, 3.05) is 7.11 Å². The first-order valence-corrected chi connectivity index (χ1v) is 15.8. The van der Waals surface area contributed by atoms with Gasteiger partial charge in [-0.15, -0.1) is 0 Å². The number of hydrogen-bond donors (Lipinski definition) is 3. The number of hydrogen-bond acceptors (Lipinski definition) is 8. The molecule has 0 amide bonds. The maximum atomic E-state index is 13.3. The van der Waals surface area contributed by atoms with Crippen molar-refractivity contribution in [3.63, 3.8) is 0 Å². The monoisotopic (exact) mass is 749 g/mol. The van der Waals surface area contributed by atoms with E-state index in [4.69, 9.17) is 18.9 Å². The number of aliphatic hydroxyl groups is 2. The summed E-state index contributed by atoms with van der Waals surface area (Å²) in [5, 5.41) is 22.3. The molecule has 2 aliphatic carbocycles. The largest absolute Gasteiger partial charge is 0.457 e. The lowest BCUT2D eigenvalue weighted by atomic mass is 9.57. The topological polar surface area (TPSA) is 127 Å². The summed E-state index contributed by atoms with van der Waals surface area (Å²) in [7, 11) is 1.46. The predicted molar refractivity (Wildman–Crippen MR) is 155 cm³/mol. The molecule has 1 saturated heterocycles. The number of aliphatic hydroxyl groups excluding tert-OH is 2. The number of ether oxygens (including phenoxy) is 4. The van der Waals surface area contributed by atoms with Crippen molar-refractivity contribution in [1.82, 2.24) is 4.98 Å². The van der Waals surface area contributed by atoms with Crippen LogP contribution in [0.4, 0.5) is 0 Å². The number of methoxy groups -OCH3 is 1. The van der Waals surface area contributed by atoms with Crippen LogP contribution in [0.15, 0.2) is 37.3 Å². The average Bonchev–Trinajstić information content (AvgIpc) is 3.28. The number of nitrogens with one attached hydrogen (secondary N) is 1. The minimum atomic E-state index is -0.968. The third kappa shape index (κ3) is 4.69. The first kappa shape index (κ1) is 30.4. The van der Waals surface area contributed by atoms with E-state index >= 15 is 0 Å². The van der Waals surface area contributed by atoms with Crippen LogP contribution in [0, 0.1) is 29.6 Å². The van der Waals surface area contributed by atoms with Gasteiger partial charge in [0.15, 0.2) is 6.10 Å². The third-order valence-corrected chi connectivity index (χ3v) is 12.4. The van der Waals surface area contributed by atoms with Crippen LogP contribution in [0.1, 0.15) is 44.6 Å². The third-order valence-electron chi connectivity index (χ3n) is 9.16. The molecule has 1 spiro atoms. The molecule has 2 fully saturated rings. The van der Waals surface area contributed by atoms with Gasteiger partial charge in [0.1, 0.15) is 29.6 Å². The fraction of sp³-hybridized carbons (Fsp3) is 0.643. The number of halogens is 3. The Balaban J connectivity index is 1.56. The van der Waals surface area contributed by atoms with Gasteiger partial charge in [-0.3, -0.25) is 0 Å². The Morgan fingerprint density at radius 3 is 2.52 bits per heavy atom. The number of aromatic amines is 1. The molecule has 1 saturated carbocycles. The maximum absolute atomic E-state index is 13.3. The highest BCUT2D eigenvalue weighted by molar-refractivity contribution is 9.14. The highest BCUT2D eigenvalue weighted by atomic mass is 79.9. The quantitative estimate of drug-likeness (QED) is 0.299. The molecule has 1 unspecified atom stereocenters. The van der Waals surface area contributed by atoms with Crippen LogP contribution in [-0.2, 0) is 23.7 Å². The summed E-state index contributed by atoms with van der Waals surface area (Å²) in [5.74, 6) is -2.74. The molecule has 3 N–H and O–H groups in total. The van der Waals surface area contributed by atoms with Crippen LogP contribution >= 0.6 is 47.8 Å². The number of carbonyl (C=O) groups is 2. The lowest BCUT2D eigenvalue weighted by Crippen LogP contribution is -2.57. The Morgan fingerprint density at radius 1 is 1.23 bits per heavy atom. The van der Waals surface area contributed by atoms with E-state index < -0.39 is 60.1 Å². The van der Waals surface area contributed by atoms with Crippen LogP contribution in [-0.4, -0.2) is 76.5 Å². The summed E-state index contributed by atoms with van der Waals surface area (Å²) in [6, 6.07) is 0. The fourth-order valence-corrected chi connectivity index (χ4v) is 8.67. The molecular formula is C28H34Br3NO8. The molecule has 220 valence electrons. The van der Waals surface area contributed by atoms with E-state index in [0.29, 0.717) is 13.5 Å². The van der Waals surface area contributed by atoms with Gasteiger partial charge in [0.2, 0.25) is 0 Å². The summed E-state index contributed by atoms with van der Waals surface area (Å²) < 4.78 is 26.1. The molecule has 2 aliphatic heterocycles. The van der Waals surface area contributed by atoms with Crippen molar-refractivity contribution in [1.29, 1.82) is 0 Å². The number of aromatic nitrogens is 1. The Morgan fingerprint density at radius 2 is 1.93 bits per heavy atom. The van der Waals surface area contributed by atoms with Crippen LogP contribution in [0.3, 0.4) is 0 Å². The molecule has 0 aromatic carbocycles. The Labute approximate surface area is 258 Å². The summed E-state index contributed by atoms with van der Waals surface area (Å²) in [5.41, 5.74) is 0.150. The van der Waals surface area contributed by atoms with E-state index in [0.717, 1.165) is 5.57 Å². The molecule has 1 aromatic heterocycles. The van der Waals surface area contributed by atoms with Crippen molar-refractivity contribution in [2.24, 2.45) is 29.6 Å². The standard InChI is InChI=1S/C28H34Br3NO8/c1-10-8-11(2)28-14(9-16(37-5)26(35)38-22(10)13(4)33)6-7-15-17(28)21(34)12(3)23(24(15)40-28)39-27(36)20-18(29)19(30)25(31)32-20/h6-8,10,12-17,21-24,32-34H,9H2,1-5H3/b11-8+/t10-,12-,13?,14-,15-,16+,17+,21-,22+,23-,24-,28+/m1/s1. The van der Waals surface area contributed by atoms with E-state index in [9.17, 15) is 19.8 Å². The molecule has 5 rings (SSSR count). The minimum Gasteiger partial charge on any atom is -0.457 e. The number of H-pyrrole nitrogens is 1. The molecule has 4 aliphatic rings. The van der Waals surface area contributed by atoms with E-state index in [-0.39, 0.29) is 35.8 Å². The molecular weight excluding hydrogens is 718 g/mol. The summed E-state index contributed by atoms with van der Waals surface area (Å²) >= 11 is 10.2. The molecule has 12 atom stereocenters. The zero-order valence-electron chi connectivity index (χ0n) is 22.8. The van der Waals surface area contributed by atoms with Crippen LogP contribution in [0.2, 0.25) is 0 Å². The fourth-order valence-electron chi connectivity index (χ4n) is 7.25. The molecule has 4 bridgehead atoms. The van der Waals surface area contributed by atoms with Gasteiger partial charge in [0, 0.05) is 36.7 Å². The SMILES string of the molecule is CO[C@H]1C[C@H]2C=C[C@H]3[C@H]4O[C@]2(/C(C)=C/[C@@H](C)[C@@H](C(C)O)OC1=O)[C@@H]3[C@H](O)[C@@H](C)[C@H]4OC(=O)c1[nH]c(Br)c(Br)c1Br. The van der Waals surface area contributed by atoms with E-state index in [2.05, 4.69) is 52.8 Å². The number of esters is 2. The lowest BCUT2D eigenvalue weighted by molar-refractivity contribution is -0.172. The normalized spacial score (nSPS) is 42.9. The van der Waals surface area contributed by atoms with Crippen molar-refractivity contribution in [2.45, 2.75) is 76.3 Å². The zero-order valence-corrected chi connectivity index (χ0v) is 27.5.